The summed E-state index contributed by atoms with van der Waals surface area (Å²) < 4.78 is 13.8. The number of aromatic nitrogens is 3. The second kappa shape index (κ2) is 11.2. The molecule has 0 saturated carbocycles. The number of nitrogens with zero attached hydrogens (tertiary/aromatic N) is 5. The molecule has 4 aromatic heterocycles. The first kappa shape index (κ1) is 30.4. The molecule has 0 fully saturated rings. The Labute approximate surface area is 319 Å². The van der Waals surface area contributed by atoms with Crippen molar-refractivity contribution in [1.82, 2.24) is 13.7 Å². The molecule has 0 saturated heterocycles. The Morgan fingerprint density at radius 3 is 1.45 bits per heavy atom. The van der Waals surface area contributed by atoms with Crippen molar-refractivity contribution in [2.24, 2.45) is 0 Å². The first-order chi connectivity index (χ1) is 27.7. The van der Waals surface area contributed by atoms with Gasteiger partial charge in [0, 0.05) is 38.0 Å². The van der Waals surface area contributed by atoms with Crippen LogP contribution in [0.5, 0.6) is 0 Å². The fraction of sp³-hybridized carbons (Fsp3) is 0. The maximum absolute atomic E-state index is 10.8. The summed E-state index contributed by atoms with van der Waals surface area (Å²) in [5.74, 6) is 0. The SMILES string of the molecule is [C-]#[N+]c1ccc(C#N)c(-n2c3ccccc3c3ccccc32)c1-n1c2ccccc2c2c3oc4c(ccc5c4c4ccccc4n5-c4ccccc4)c3ccc21. The minimum absolute atomic E-state index is 0.448. The molecule has 0 radical (unpaired) electrons. The van der Waals surface area contributed by atoms with Crippen LogP contribution in [0.3, 0.4) is 0 Å². The van der Waals surface area contributed by atoms with Gasteiger partial charge in [-0.15, -0.1) is 0 Å². The van der Waals surface area contributed by atoms with E-state index >= 15 is 0 Å². The molecule has 0 N–H and O–H groups in total. The lowest BCUT2D eigenvalue weighted by Gasteiger charge is -2.19. The zero-order chi connectivity index (χ0) is 37.1. The Kier molecular flexibility index (Phi) is 6.10. The van der Waals surface area contributed by atoms with Gasteiger partial charge in [0.1, 0.15) is 17.2 Å². The summed E-state index contributed by atoms with van der Waals surface area (Å²) in [6.07, 6.45) is 0. The predicted molar refractivity (Wildman–Crippen MR) is 228 cm³/mol. The van der Waals surface area contributed by atoms with E-state index in [4.69, 9.17) is 11.0 Å². The fourth-order valence-corrected chi connectivity index (χ4v) is 9.25. The van der Waals surface area contributed by atoms with E-state index in [9.17, 15) is 5.26 Å². The highest BCUT2D eigenvalue weighted by molar-refractivity contribution is 6.29. The van der Waals surface area contributed by atoms with Gasteiger partial charge in [0.25, 0.3) is 0 Å². The minimum Gasteiger partial charge on any atom is -0.455 e. The molecule has 56 heavy (non-hydrogen) atoms. The van der Waals surface area contributed by atoms with Crippen molar-refractivity contribution < 1.29 is 4.42 Å². The first-order valence-corrected chi connectivity index (χ1v) is 18.5. The number of benzene rings is 8. The van der Waals surface area contributed by atoms with Crippen molar-refractivity contribution in [2.75, 3.05) is 0 Å². The summed E-state index contributed by atoms with van der Waals surface area (Å²) in [6.45, 7) is 8.49. The van der Waals surface area contributed by atoms with Crippen LogP contribution in [0.25, 0.3) is 109 Å². The second-order valence-corrected chi connectivity index (χ2v) is 14.2. The maximum atomic E-state index is 10.8. The maximum Gasteiger partial charge on any atom is 0.212 e. The van der Waals surface area contributed by atoms with Gasteiger partial charge in [-0.05, 0) is 60.7 Å². The lowest BCUT2D eigenvalue weighted by Crippen LogP contribution is -2.06. The Bertz CT molecular complexity index is 3680. The molecule has 4 heterocycles. The normalized spacial score (nSPS) is 11.9. The third-order valence-electron chi connectivity index (χ3n) is 11.5. The van der Waals surface area contributed by atoms with E-state index in [0.29, 0.717) is 22.6 Å². The highest BCUT2D eigenvalue weighted by Gasteiger charge is 2.27. The van der Waals surface area contributed by atoms with Gasteiger partial charge in [0.05, 0.1) is 67.4 Å². The zero-order valence-corrected chi connectivity index (χ0v) is 29.7. The molecule has 12 aromatic rings. The van der Waals surface area contributed by atoms with Crippen molar-refractivity contribution in [3.05, 3.63) is 181 Å². The summed E-state index contributed by atoms with van der Waals surface area (Å²) in [4.78, 5) is 4.11. The molecule has 0 aliphatic rings. The first-order valence-electron chi connectivity index (χ1n) is 18.5. The number of hydrogen-bond donors (Lipinski definition) is 0. The second-order valence-electron chi connectivity index (χ2n) is 14.2. The Hall–Kier alpha value is -8.06. The lowest BCUT2D eigenvalue weighted by atomic mass is 10.1. The van der Waals surface area contributed by atoms with Gasteiger partial charge in [-0.2, -0.15) is 5.26 Å². The molecular formula is C50H27N5O. The standard InChI is InChI=1S/C50H27N5O/c1-52-38-26-23-30(29-51)47(54-39-19-9-5-15-32(39)33-16-6-10-20-40(33)54)48(38)55-42-22-12-8-18-37(42)46-44(55)28-25-35-34-24-27-43-45(49(34)56-50(35)46)36-17-7-11-21-41(36)53(43)31-13-3-2-4-14-31/h2-28H. The number of fused-ring (bicyclic) bond motifs is 14. The van der Waals surface area contributed by atoms with Crippen molar-refractivity contribution in [3.8, 4) is 23.1 Å². The average Bonchev–Trinajstić information content (AvgIpc) is 3.99. The van der Waals surface area contributed by atoms with E-state index in [0.717, 1.165) is 93.0 Å². The van der Waals surface area contributed by atoms with Crippen molar-refractivity contribution in [1.29, 1.82) is 5.26 Å². The van der Waals surface area contributed by atoms with Crippen molar-refractivity contribution in [2.45, 2.75) is 0 Å². The van der Waals surface area contributed by atoms with Crippen molar-refractivity contribution in [3.63, 3.8) is 0 Å². The Balaban J connectivity index is 1.24. The lowest BCUT2D eigenvalue weighted by molar-refractivity contribution is 0.677. The van der Waals surface area contributed by atoms with Gasteiger partial charge in [0.2, 0.25) is 5.69 Å². The quantitative estimate of drug-likeness (QED) is 0.171. The molecule has 0 aliphatic heterocycles. The predicted octanol–water partition coefficient (Wildman–Crippen LogP) is 13.3. The number of nitriles is 1. The molecule has 6 nitrogen and oxygen atoms in total. The van der Waals surface area contributed by atoms with Crippen LogP contribution in [0.2, 0.25) is 0 Å². The zero-order valence-electron chi connectivity index (χ0n) is 29.7. The molecule has 0 atom stereocenters. The molecule has 0 aliphatic carbocycles. The number of hydrogen-bond acceptors (Lipinski definition) is 2. The summed E-state index contributed by atoms with van der Waals surface area (Å²) in [5, 5.41) is 19.1. The van der Waals surface area contributed by atoms with Crippen LogP contribution in [-0.4, -0.2) is 13.7 Å². The number of para-hydroxylation sites is 5. The van der Waals surface area contributed by atoms with Gasteiger partial charge in [-0.1, -0.05) is 103 Å². The highest BCUT2D eigenvalue weighted by atomic mass is 16.3. The van der Waals surface area contributed by atoms with E-state index in [1.165, 1.54) is 0 Å². The van der Waals surface area contributed by atoms with Crippen LogP contribution in [0.1, 0.15) is 5.56 Å². The van der Waals surface area contributed by atoms with Crippen molar-refractivity contribution >= 4 is 93.0 Å². The largest absolute Gasteiger partial charge is 0.455 e. The van der Waals surface area contributed by atoms with Gasteiger partial charge in [-0.3, -0.25) is 0 Å². The molecule has 0 amide bonds. The molecule has 0 unspecified atom stereocenters. The average molecular weight is 714 g/mol. The molecule has 0 spiro atoms. The Morgan fingerprint density at radius 1 is 0.429 bits per heavy atom. The monoisotopic (exact) mass is 713 g/mol. The van der Waals surface area contributed by atoms with Crippen LogP contribution in [-0.2, 0) is 0 Å². The summed E-state index contributed by atoms with van der Waals surface area (Å²) in [7, 11) is 0. The summed E-state index contributed by atoms with van der Waals surface area (Å²) in [5.41, 5.74) is 10.9. The third-order valence-corrected chi connectivity index (χ3v) is 11.5. The highest BCUT2D eigenvalue weighted by Crippen LogP contribution is 2.47. The Morgan fingerprint density at radius 2 is 0.893 bits per heavy atom. The molecule has 6 heteroatoms. The third kappa shape index (κ3) is 3.86. The van der Waals surface area contributed by atoms with E-state index in [-0.39, 0.29) is 0 Å². The van der Waals surface area contributed by atoms with Crippen LogP contribution in [0.15, 0.2) is 168 Å². The fourth-order valence-electron chi connectivity index (χ4n) is 9.25. The minimum atomic E-state index is 0.448. The number of furan rings is 1. The van der Waals surface area contributed by atoms with Crippen LogP contribution < -0.4 is 0 Å². The van der Waals surface area contributed by atoms with Gasteiger partial charge in [0.15, 0.2) is 0 Å². The smallest absolute Gasteiger partial charge is 0.212 e. The van der Waals surface area contributed by atoms with Crippen LogP contribution in [0.4, 0.5) is 5.69 Å². The van der Waals surface area contributed by atoms with Gasteiger partial charge in [-0.25, -0.2) is 4.85 Å². The number of rotatable bonds is 3. The van der Waals surface area contributed by atoms with Gasteiger partial charge < -0.3 is 18.1 Å². The topological polar surface area (TPSA) is 56.1 Å². The van der Waals surface area contributed by atoms with E-state index < -0.39 is 0 Å². The van der Waals surface area contributed by atoms with Crippen LogP contribution in [0, 0.1) is 17.9 Å². The van der Waals surface area contributed by atoms with Gasteiger partial charge >= 0.3 is 0 Å². The molecular weight excluding hydrogens is 687 g/mol. The molecule has 12 rings (SSSR count). The van der Waals surface area contributed by atoms with E-state index in [2.05, 4.69) is 140 Å². The van der Waals surface area contributed by atoms with E-state index in [1.54, 1.807) is 12.1 Å². The molecule has 0 bridgehead atoms. The summed E-state index contributed by atoms with van der Waals surface area (Å²) in [6, 6.07) is 58.5. The van der Waals surface area contributed by atoms with E-state index in [1.807, 2.05) is 36.4 Å². The molecule has 8 aromatic carbocycles. The van der Waals surface area contributed by atoms with Crippen LogP contribution >= 0.6 is 0 Å². The summed E-state index contributed by atoms with van der Waals surface area (Å²) >= 11 is 0. The molecule has 258 valence electrons.